The van der Waals surface area contributed by atoms with Crippen LogP contribution in [-0.2, 0) is 4.79 Å². The summed E-state index contributed by atoms with van der Waals surface area (Å²) in [5.74, 6) is 7.91. The maximum absolute atomic E-state index is 11.7. The van der Waals surface area contributed by atoms with Crippen molar-refractivity contribution in [1.82, 2.24) is 0 Å². The summed E-state index contributed by atoms with van der Waals surface area (Å²) >= 11 is 0. The van der Waals surface area contributed by atoms with Gasteiger partial charge in [0.1, 0.15) is 0 Å². The van der Waals surface area contributed by atoms with E-state index in [9.17, 15) is 4.79 Å². The average Bonchev–Trinajstić information content (AvgIpc) is 2.77. The standard InChI is InChI=1S/C17H13NO/c1-5-8-15-11-18(12(4)19)16-10-13(6-2)9-14(7-3)17(15)16/h1-3,9-10,15H,8,11H2,4H3. The van der Waals surface area contributed by atoms with E-state index in [1.54, 1.807) is 11.0 Å². The second-order valence-electron chi connectivity index (χ2n) is 4.48. The van der Waals surface area contributed by atoms with Gasteiger partial charge in [0, 0.05) is 42.6 Å². The molecule has 1 unspecified atom stereocenters. The van der Waals surface area contributed by atoms with Crippen LogP contribution in [0.4, 0.5) is 5.69 Å². The molecule has 0 spiro atoms. The van der Waals surface area contributed by atoms with E-state index in [4.69, 9.17) is 19.3 Å². The van der Waals surface area contributed by atoms with Crippen molar-refractivity contribution in [2.24, 2.45) is 0 Å². The molecule has 1 aromatic rings. The third kappa shape index (κ3) is 2.08. The lowest BCUT2D eigenvalue weighted by atomic mass is 9.92. The van der Waals surface area contributed by atoms with Crippen molar-refractivity contribution in [2.45, 2.75) is 19.3 Å². The normalized spacial score (nSPS) is 16.1. The van der Waals surface area contributed by atoms with Gasteiger partial charge in [-0.15, -0.1) is 25.2 Å². The third-order valence-electron chi connectivity index (χ3n) is 3.33. The predicted molar refractivity (Wildman–Crippen MR) is 76.5 cm³/mol. The Morgan fingerprint density at radius 3 is 2.63 bits per heavy atom. The van der Waals surface area contributed by atoms with E-state index < -0.39 is 0 Å². The summed E-state index contributed by atoms with van der Waals surface area (Å²) in [6.07, 6.45) is 16.9. The van der Waals surface area contributed by atoms with E-state index >= 15 is 0 Å². The Hall–Kier alpha value is -2.63. The Bertz CT molecular complexity index is 664. The molecule has 0 aliphatic carbocycles. The van der Waals surface area contributed by atoms with Gasteiger partial charge in [-0.2, -0.15) is 0 Å². The van der Waals surface area contributed by atoms with Gasteiger partial charge >= 0.3 is 0 Å². The van der Waals surface area contributed by atoms with Crippen LogP contribution >= 0.6 is 0 Å². The van der Waals surface area contributed by atoms with Crippen molar-refractivity contribution >= 4 is 11.6 Å². The highest BCUT2D eigenvalue weighted by Gasteiger charge is 2.32. The second-order valence-corrected chi connectivity index (χ2v) is 4.48. The first-order chi connectivity index (χ1) is 9.12. The lowest BCUT2D eigenvalue weighted by Crippen LogP contribution is -2.26. The van der Waals surface area contributed by atoms with Crippen molar-refractivity contribution in [3.8, 4) is 37.0 Å². The smallest absolute Gasteiger partial charge is 0.223 e. The first kappa shape index (κ1) is 12.8. The van der Waals surface area contributed by atoms with E-state index in [0.717, 1.165) is 16.8 Å². The summed E-state index contributed by atoms with van der Waals surface area (Å²) in [6.45, 7) is 2.09. The number of terminal acetylenes is 3. The molecule has 0 fully saturated rings. The van der Waals surface area contributed by atoms with Gasteiger partial charge in [0.15, 0.2) is 0 Å². The topological polar surface area (TPSA) is 20.3 Å². The molecule has 0 saturated heterocycles. The number of hydrogen-bond acceptors (Lipinski definition) is 1. The number of nitrogens with zero attached hydrogens (tertiary/aromatic N) is 1. The number of anilines is 1. The SMILES string of the molecule is C#CCC1CN(C(C)=O)c2cc(C#C)cc(C#C)c21. The van der Waals surface area contributed by atoms with Crippen LogP contribution < -0.4 is 4.90 Å². The van der Waals surface area contributed by atoms with Crippen molar-refractivity contribution in [2.75, 3.05) is 11.4 Å². The Balaban J connectivity index is 2.67. The van der Waals surface area contributed by atoms with E-state index in [1.807, 2.05) is 6.07 Å². The van der Waals surface area contributed by atoms with Crippen LogP contribution in [0.15, 0.2) is 12.1 Å². The second kappa shape index (κ2) is 4.93. The molecule has 0 saturated carbocycles. The van der Waals surface area contributed by atoms with Crippen LogP contribution in [0.1, 0.15) is 36.0 Å². The number of fused-ring (bicyclic) bond motifs is 1. The minimum absolute atomic E-state index is 0.0297. The van der Waals surface area contributed by atoms with Gasteiger partial charge in [0.25, 0.3) is 0 Å². The van der Waals surface area contributed by atoms with Gasteiger partial charge in [0.2, 0.25) is 5.91 Å². The third-order valence-corrected chi connectivity index (χ3v) is 3.33. The van der Waals surface area contributed by atoms with E-state index in [0.29, 0.717) is 18.5 Å². The van der Waals surface area contributed by atoms with Gasteiger partial charge in [-0.1, -0.05) is 11.8 Å². The molecule has 1 aliphatic heterocycles. The summed E-state index contributed by atoms with van der Waals surface area (Å²) in [7, 11) is 0. The maximum atomic E-state index is 11.7. The lowest BCUT2D eigenvalue weighted by Gasteiger charge is -2.15. The molecular weight excluding hydrogens is 234 g/mol. The number of rotatable bonds is 1. The highest BCUT2D eigenvalue weighted by molar-refractivity contribution is 5.95. The Morgan fingerprint density at radius 2 is 2.11 bits per heavy atom. The molecule has 1 aliphatic rings. The first-order valence-electron chi connectivity index (χ1n) is 5.95. The summed E-state index contributed by atoms with van der Waals surface area (Å²) < 4.78 is 0. The Labute approximate surface area is 113 Å². The predicted octanol–water partition coefficient (Wildman–Crippen LogP) is 2.12. The van der Waals surface area contributed by atoms with Gasteiger partial charge in [-0.05, 0) is 17.7 Å². The zero-order valence-electron chi connectivity index (χ0n) is 10.7. The fourth-order valence-corrected chi connectivity index (χ4v) is 2.51. The molecule has 19 heavy (non-hydrogen) atoms. The summed E-state index contributed by atoms with van der Waals surface area (Å²) in [5, 5.41) is 0. The molecular formula is C17H13NO. The molecule has 1 amide bonds. The summed E-state index contributed by atoms with van der Waals surface area (Å²) in [6, 6.07) is 3.63. The molecule has 0 bridgehead atoms. The van der Waals surface area contributed by atoms with E-state index in [-0.39, 0.29) is 11.8 Å². The van der Waals surface area contributed by atoms with Crippen molar-refractivity contribution in [3.05, 3.63) is 28.8 Å². The maximum Gasteiger partial charge on any atom is 0.223 e. The molecule has 1 aromatic carbocycles. The Morgan fingerprint density at radius 1 is 1.37 bits per heavy atom. The molecule has 2 heteroatoms. The molecule has 2 rings (SSSR count). The fourth-order valence-electron chi connectivity index (χ4n) is 2.51. The first-order valence-corrected chi connectivity index (χ1v) is 5.95. The lowest BCUT2D eigenvalue weighted by molar-refractivity contribution is -0.116. The quantitative estimate of drug-likeness (QED) is 0.696. The largest absolute Gasteiger partial charge is 0.312 e. The van der Waals surface area contributed by atoms with E-state index in [2.05, 4.69) is 17.8 Å². The van der Waals surface area contributed by atoms with Crippen LogP contribution in [-0.4, -0.2) is 12.5 Å². The number of carbonyl (C=O) groups excluding carboxylic acids is 1. The Kier molecular flexibility index (Phi) is 3.33. The molecule has 1 atom stereocenters. The van der Waals surface area contributed by atoms with Gasteiger partial charge in [0.05, 0.1) is 0 Å². The summed E-state index contributed by atoms with van der Waals surface area (Å²) in [5.41, 5.74) is 3.18. The van der Waals surface area contributed by atoms with Crippen molar-refractivity contribution in [1.29, 1.82) is 0 Å². The minimum atomic E-state index is -0.0297. The molecule has 92 valence electrons. The van der Waals surface area contributed by atoms with Crippen LogP contribution in [0.25, 0.3) is 0 Å². The van der Waals surface area contributed by atoms with Crippen molar-refractivity contribution in [3.63, 3.8) is 0 Å². The van der Waals surface area contributed by atoms with E-state index in [1.165, 1.54) is 6.92 Å². The molecule has 0 N–H and O–H groups in total. The van der Waals surface area contributed by atoms with Crippen LogP contribution in [0.5, 0.6) is 0 Å². The number of benzene rings is 1. The molecule has 1 heterocycles. The monoisotopic (exact) mass is 247 g/mol. The number of carbonyl (C=O) groups is 1. The summed E-state index contributed by atoms with van der Waals surface area (Å²) in [4.78, 5) is 13.4. The molecule has 0 radical (unpaired) electrons. The van der Waals surface area contributed by atoms with Crippen LogP contribution in [0, 0.1) is 37.0 Å². The van der Waals surface area contributed by atoms with Gasteiger partial charge in [-0.25, -0.2) is 0 Å². The van der Waals surface area contributed by atoms with Gasteiger partial charge < -0.3 is 4.90 Å². The fraction of sp³-hybridized carbons (Fsp3) is 0.235. The number of amides is 1. The van der Waals surface area contributed by atoms with Crippen LogP contribution in [0.3, 0.4) is 0 Å². The van der Waals surface area contributed by atoms with Crippen LogP contribution in [0.2, 0.25) is 0 Å². The highest BCUT2D eigenvalue weighted by atomic mass is 16.2. The zero-order valence-corrected chi connectivity index (χ0v) is 10.7. The average molecular weight is 247 g/mol. The molecule has 2 nitrogen and oxygen atoms in total. The van der Waals surface area contributed by atoms with Crippen molar-refractivity contribution < 1.29 is 4.79 Å². The number of hydrogen-bond donors (Lipinski definition) is 0. The zero-order chi connectivity index (χ0) is 14.0. The van der Waals surface area contributed by atoms with Gasteiger partial charge in [-0.3, -0.25) is 4.79 Å². The molecule has 0 aromatic heterocycles. The minimum Gasteiger partial charge on any atom is -0.312 e. The highest BCUT2D eigenvalue weighted by Crippen LogP contribution is 2.40.